The molecule has 0 aliphatic carbocycles. The normalized spacial score (nSPS) is 17.9. The Morgan fingerprint density at radius 1 is 1.18 bits per heavy atom. The van der Waals surface area contributed by atoms with E-state index in [9.17, 15) is 9.59 Å². The monoisotopic (exact) mass is 456 g/mol. The van der Waals surface area contributed by atoms with E-state index >= 15 is 0 Å². The number of piperazine rings is 1. The number of imidazole rings is 1. The number of hydrogen-bond acceptors (Lipinski definition) is 6. The van der Waals surface area contributed by atoms with Crippen LogP contribution < -0.4 is 10.2 Å². The molecule has 34 heavy (non-hydrogen) atoms. The molecule has 6 rings (SSSR count). The van der Waals surface area contributed by atoms with Gasteiger partial charge in [0, 0.05) is 51.4 Å². The van der Waals surface area contributed by atoms with Crippen LogP contribution in [0.3, 0.4) is 0 Å². The number of rotatable bonds is 4. The van der Waals surface area contributed by atoms with Gasteiger partial charge in [-0.15, -0.1) is 0 Å². The van der Waals surface area contributed by atoms with Crippen LogP contribution in [0.2, 0.25) is 0 Å². The van der Waals surface area contributed by atoms with Crippen molar-refractivity contribution in [2.45, 2.75) is 18.9 Å². The van der Waals surface area contributed by atoms with Crippen molar-refractivity contribution < 1.29 is 9.59 Å². The van der Waals surface area contributed by atoms with Gasteiger partial charge in [-0.1, -0.05) is 12.1 Å². The summed E-state index contributed by atoms with van der Waals surface area (Å²) >= 11 is 0. The van der Waals surface area contributed by atoms with E-state index in [2.05, 4.69) is 30.3 Å². The number of H-pyrrole nitrogens is 1. The van der Waals surface area contributed by atoms with Crippen molar-refractivity contribution >= 4 is 34.5 Å². The van der Waals surface area contributed by atoms with Crippen LogP contribution in [0.5, 0.6) is 0 Å². The number of nitrogens with zero attached hydrogens (tertiary/aromatic N) is 6. The molecule has 2 aliphatic rings. The molecule has 0 spiro atoms. The van der Waals surface area contributed by atoms with E-state index in [1.165, 1.54) is 0 Å². The number of hydrogen-bond donors (Lipinski definition) is 2. The van der Waals surface area contributed by atoms with Gasteiger partial charge in [-0.2, -0.15) is 5.10 Å². The first-order chi connectivity index (χ1) is 16.5. The third kappa shape index (κ3) is 3.57. The molecule has 0 radical (unpaired) electrons. The highest BCUT2D eigenvalue weighted by Crippen LogP contribution is 2.26. The van der Waals surface area contributed by atoms with Gasteiger partial charge in [-0.25, -0.2) is 9.97 Å². The number of amides is 2. The molecule has 0 saturated carbocycles. The maximum Gasteiger partial charge on any atom is 0.258 e. The number of aryl methyl sites for hydroxylation is 1. The minimum Gasteiger partial charge on any atom is -0.353 e. The average Bonchev–Trinajstić information content (AvgIpc) is 3.55. The maximum absolute atomic E-state index is 12.8. The lowest BCUT2D eigenvalue weighted by Gasteiger charge is -2.38. The molecule has 0 bridgehead atoms. The fourth-order valence-corrected chi connectivity index (χ4v) is 4.79. The minimum atomic E-state index is -0.278. The predicted molar refractivity (Wildman–Crippen MR) is 127 cm³/mol. The van der Waals surface area contributed by atoms with Crippen LogP contribution in [0.4, 0.5) is 11.6 Å². The number of carbonyl (C=O) groups excluding carboxylic acids is 2. The van der Waals surface area contributed by atoms with Crippen molar-refractivity contribution in [3.63, 3.8) is 0 Å². The summed E-state index contributed by atoms with van der Waals surface area (Å²) in [7, 11) is 1.81. The average molecular weight is 457 g/mol. The van der Waals surface area contributed by atoms with Gasteiger partial charge in [0.15, 0.2) is 11.6 Å². The molecule has 3 aromatic heterocycles. The first-order valence-electron chi connectivity index (χ1n) is 11.4. The lowest BCUT2D eigenvalue weighted by atomic mass is 10.1. The molecular weight excluding hydrogens is 432 g/mol. The molecule has 2 amide bonds. The van der Waals surface area contributed by atoms with Crippen LogP contribution in [-0.2, 0) is 11.8 Å². The zero-order valence-electron chi connectivity index (χ0n) is 18.7. The molecular formula is C24H24N8O2. The van der Waals surface area contributed by atoms with Gasteiger partial charge >= 0.3 is 0 Å². The predicted octanol–water partition coefficient (Wildman–Crippen LogP) is 2.42. The van der Waals surface area contributed by atoms with E-state index in [1.54, 1.807) is 23.0 Å². The summed E-state index contributed by atoms with van der Waals surface area (Å²) in [6.07, 6.45) is 3.12. The zero-order valence-corrected chi connectivity index (χ0v) is 18.7. The molecule has 2 saturated heterocycles. The summed E-state index contributed by atoms with van der Waals surface area (Å²) in [5.74, 6) is 1.92. The highest BCUT2D eigenvalue weighted by atomic mass is 16.2. The van der Waals surface area contributed by atoms with Crippen molar-refractivity contribution in [3.8, 4) is 11.5 Å². The Morgan fingerprint density at radius 3 is 2.88 bits per heavy atom. The zero-order chi connectivity index (χ0) is 23.2. The molecule has 10 heteroatoms. The summed E-state index contributed by atoms with van der Waals surface area (Å²) in [5.41, 5.74) is 3.03. The third-order valence-corrected chi connectivity index (χ3v) is 6.58. The molecule has 1 aromatic carbocycles. The Bertz CT molecular complexity index is 1360. The quantitative estimate of drug-likeness (QED) is 0.488. The van der Waals surface area contributed by atoms with Crippen molar-refractivity contribution in [1.82, 2.24) is 29.6 Å². The molecule has 10 nitrogen and oxygen atoms in total. The van der Waals surface area contributed by atoms with Crippen LogP contribution in [0.1, 0.15) is 23.2 Å². The number of nitrogens with one attached hydrogen (secondary N) is 2. The van der Waals surface area contributed by atoms with E-state index in [0.29, 0.717) is 23.6 Å². The van der Waals surface area contributed by atoms with Gasteiger partial charge < -0.3 is 20.1 Å². The van der Waals surface area contributed by atoms with Crippen LogP contribution in [0, 0.1) is 0 Å². The summed E-state index contributed by atoms with van der Waals surface area (Å²) in [5, 5.41) is 7.26. The van der Waals surface area contributed by atoms with E-state index in [-0.39, 0.29) is 17.9 Å². The van der Waals surface area contributed by atoms with Crippen LogP contribution in [0.15, 0.2) is 48.7 Å². The Labute approximate surface area is 195 Å². The molecule has 5 heterocycles. The number of para-hydroxylation sites is 2. The van der Waals surface area contributed by atoms with Gasteiger partial charge in [0.25, 0.3) is 5.91 Å². The van der Waals surface area contributed by atoms with Crippen molar-refractivity contribution in [3.05, 3.63) is 54.2 Å². The van der Waals surface area contributed by atoms with E-state index in [0.717, 1.165) is 48.6 Å². The largest absolute Gasteiger partial charge is 0.353 e. The summed E-state index contributed by atoms with van der Waals surface area (Å²) in [6, 6.07) is 13.5. The van der Waals surface area contributed by atoms with E-state index < -0.39 is 0 Å². The van der Waals surface area contributed by atoms with E-state index in [4.69, 9.17) is 0 Å². The smallest absolute Gasteiger partial charge is 0.258 e. The summed E-state index contributed by atoms with van der Waals surface area (Å²) in [4.78, 5) is 41.3. The van der Waals surface area contributed by atoms with Gasteiger partial charge in [0.2, 0.25) is 5.91 Å². The lowest BCUT2D eigenvalue weighted by Crippen LogP contribution is -2.51. The molecule has 1 atom stereocenters. The van der Waals surface area contributed by atoms with Crippen molar-refractivity contribution in [1.29, 1.82) is 0 Å². The highest BCUT2D eigenvalue weighted by Gasteiger charge is 2.35. The molecule has 172 valence electrons. The van der Waals surface area contributed by atoms with Gasteiger partial charge in [-0.05, 0) is 30.7 Å². The fraction of sp³-hybridized carbons (Fsp3) is 0.292. The number of pyridine rings is 1. The Kier molecular flexibility index (Phi) is 4.79. The van der Waals surface area contributed by atoms with Gasteiger partial charge in [0.1, 0.15) is 11.5 Å². The second-order valence-electron chi connectivity index (χ2n) is 8.73. The third-order valence-electron chi connectivity index (χ3n) is 6.58. The molecule has 2 fully saturated rings. The maximum atomic E-state index is 12.8. The summed E-state index contributed by atoms with van der Waals surface area (Å²) < 4.78 is 1.68. The van der Waals surface area contributed by atoms with Crippen molar-refractivity contribution in [2.75, 3.05) is 29.9 Å². The fourth-order valence-electron chi connectivity index (χ4n) is 4.79. The van der Waals surface area contributed by atoms with E-state index in [1.807, 2.05) is 42.3 Å². The van der Waals surface area contributed by atoms with Gasteiger partial charge in [-0.3, -0.25) is 14.3 Å². The highest BCUT2D eigenvalue weighted by molar-refractivity contribution is 6.03. The van der Waals surface area contributed by atoms with Crippen molar-refractivity contribution in [2.24, 2.45) is 7.05 Å². The molecule has 2 aliphatic heterocycles. The van der Waals surface area contributed by atoms with Gasteiger partial charge in [0.05, 0.1) is 16.6 Å². The second kappa shape index (κ2) is 7.98. The Hall–Kier alpha value is -4.21. The van der Waals surface area contributed by atoms with Crippen LogP contribution in [-0.4, -0.2) is 67.1 Å². The number of anilines is 2. The number of benzene rings is 1. The molecule has 4 aromatic rings. The second-order valence-corrected chi connectivity index (χ2v) is 8.73. The number of carbonyl (C=O) groups is 2. The topological polar surface area (TPSA) is 112 Å². The van der Waals surface area contributed by atoms with Crippen LogP contribution in [0.25, 0.3) is 22.6 Å². The number of fused-ring (bicyclic) bond motifs is 2. The molecule has 2 N–H and O–H groups in total. The number of aromatic amines is 1. The SMILES string of the molecule is Cn1nc(NC(=O)c2ccc(N3CCN4C(=O)CCC4C3)nc2)cc1-c1nc2ccccc2[nH]1. The Balaban J connectivity index is 1.14. The molecule has 1 unspecified atom stereocenters. The number of aromatic nitrogens is 5. The minimum absolute atomic E-state index is 0.252. The Morgan fingerprint density at radius 2 is 2.06 bits per heavy atom. The first-order valence-corrected chi connectivity index (χ1v) is 11.4. The first kappa shape index (κ1) is 20.4. The standard InChI is InChI=1S/C24H24N8O2/c1-30-19(23-26-17-4-2-3-5-18(17)27-23)12-20(29-30)28-24(34)15-6-8-21(25-13-15)31-10-11-32-16(14-31)7-9-22(32)33/h2-6,8,12-13,16H,7,9-11,14H2,1H3,(H,26,27)(H,28,29,34). The summed E-state index contributed by atoms with van der Waals surface area (Å²) in [6.45, 7) is 2.25. The lowest BCUT2D eigenvalue weighted by molar-refractivity contribution is -0.129. The van der Waals surface area contributed by atoms with Crippen LogP contribution >= 0.6 is 0 Å².